The van der Waals surface area contributed by atoms with Crippen LogP contribution in [0.5, 0.6) is 11.5 Å². The largest absolute Gasteiger partial charge is 0.490 e. The number of allylic oxidation sites excluding steroid dienone is 1. The standard InChI is InChI=1S/C33H30ClN3O6/c1-5-9-22-14-21(15-28(40-6-2)31(22)41-19-30(38)42-20(3)4)18-35-37-32(36-26-11-8-7-10-25(26)33(37)39)29-17-23-16-24(34)12-13-27(23)43-29/h5,7-8,10-18,20H,1,6,9,19H2,2-4H3. The lowest BCUT2D eigenvalue weighted by molar-refractivity contribution is -0.149. The molecular weight excluding hydrogens is 570 g/mol. The second kappa shape index (κ2) is 13.0. The number of esters is 1. The summed E-state index contributed by atoms with van der Waals surface area (Å²) in [5.74, 6) is 0.921. The fraction of sp³-hybridized carbons (Fsp3) is 0.212. The van der Waals surface area contributed by atoms with Gasteiger partial charge in [-0.1, -0.05) is 29.8 Å². The van der Waals surface area contributed by atoms with Gasteiger partial charge in [0.05, 0.1) is 29.8 Å². The summed E-state index contributed by atoms with van der Waals surface area (Å²) in [4.78, 5) is 30.6. The van der Waals surface area contributed by atoms with E-state index in [0.717, 1.165) is 10.9 Å². The Hall–Kier alpha value is -4.89. The van der Waals surface area contributed by atoms with Gasteiger partial charge in [0.2, 0.25) is 5.82 Å². The van der Waals surface area contributed by atoms with Crippen molar-refractivity contribution in [2.45, 2.75) is 33.3 Å². The molecule has 0 radical (unpaired) electrons. The number of hydrogen-bond acceptors (Lipinski definition) is 8. The molecule has 0 N–H and O–H groups in total. The zero-order chi connectivity index (χ0) is 30.5. The number of hydrogen-bond donors (Lipinski definition) is 0. The van der Waals surface area contributed by atoms with Gasteiger partial charge in [0.15, 0.2) is 23.9 Å². The highest BCUT2D eigenvalue weighted by Gasteiger charge is 2.18. The molecule has 0 aliphatic heterocycles. The first-order valence-electron chi connectivity index (χ1n) is 13.8. The molecule has 0 unspecified atom stereocenters. The van der Waals surface area contributed by atoms with Crippen LogP contribution in [0.15, 0.2) is 87.6 Å². The van der Waals surface area contributed by atoms with Crippen molar-refractivity contribution in [3.8, 4) is 23.1 Å². The van der Waals surface area contributed by atoms with Gasteiger partial charge in [0, 0.05) is 16.0 Å². The van der Waals surface area contributed by atoms with Crippen LogP contribution < -0.4 is 15.0 Å². The quantitative estimate of drug-likeness (QED) is 0.0933. The summed E-state index contributed by atoms with van der Waals surface area (Å²) in [5.41, 5.74) is 2.09. The molecule has 0 saturated carbocycles. The number of furan rings is 1. The Morgan fingerprint density at radius 3 is 2.72 bits per heavy atom. The van der Waals surface area contributed by atoms with Crippen LogP contribution in [0.3, 0.4) is 0 Å². The molecule has 0 atom stereocenters. The van der Waals surface area contributed by atoms with Gasteiger partial charge in [-0.2, -0.15) is 9.78 Å². The van der Waals surface area contributed by atoms with E-state index in [4.69, 9.17) is 35.2 Å². The van der Waals surface area contributed by atoms with Crippen molar-refractivity contribution in [3.05, 3.63) is 99.8 Å². The first-order valence-corrected chi connectivity index (χ1v) is 14.1. The molecule has 5 aromatic rings. The Morgan fingerprint density at radius 1 is 1.14 bits per heavy atom. The molecule has 2 heterocycles. The van der Waals surface area contributed by atoms with Gasteiger partial charge in [0.25, 0.3) is 5.56 Å². The molecule has 5 rings (SSSR count). The van der Waals surface area contributed by atoms with Gasteiger partial charge in [-0.15, -0.1) is 6.58 Å². The van der Waals surface area contributed by atoms with E-state index in [-0.39, 0.29) is 24.1 Å². The summed E-state index contributed by atoms with van der Waals surface area (Å²) in [5, 5.41) is 6.30. The third-order valence-corrected chi connectivity index (χ3v) is 6.53. The van der Waals surface area contributed by atoms with Crippen molar-refractivity contribution >= 4 is 45.7 Å². The number of ether oxygens (including phenoxy) is 3. The number of halogens is 1. The molecular formula is C33H30ClN3O6. The lowest BCUT2D eigenvalue weighted by atomic mass is 10.1. The predicted molar refractivity (Wildman–Crippen MR) is 167 cm³/mol. The monoisotopic (exact) mass is 599 g/mol. The first-order chi connectivity index (χ1) is 20.8. The van der Waals surface area contributed by atoms with Crippen LogP contribution in [-0.2, 0) is 16.0 Å². The smallest absolute Gasteiger partial charge is 0.344 e. The van der Waals surface area contributed by atoms with Gasteiger partial charge in [0.1, 0.15) is 5.58 Å². The molecule has 10 heteroatoms. The van der Waals surface area contributed by atoms with Gasteiger partial charge in [-0.05, 0) is 81.3 Å². The average molecular weight is 600 g/mol. The minimum atomic E-state index is -0.490. The van der Waals surface area contributed by atoms with E-state index in [0.29, 0.717) is 57.4 Å². The number of rotatable bonds is 11. The summed E-state index contributed by atoms with van der Waals surface area (Å²) in [6, 6.07) is 17.6. The van der Waals surface area contributed by atoms with Crippen molar-refractivity contribution in [1.82, 2.24) is 9.66 Å². The summed E-state index contributed by atoms with van der Waals surface area (Å²) in [6.45, 7) is 9.31. The van der Waals surface area contributed by atoms with E-state index in [2.05, 4.69) is 11.7 Å². The summed E-state index contributed by atoms with van der Waals surface area (Å²) in [7, 11) is 0. The second-order valence-electron chi connectivity index (χ2n) is 9.87. The average Bonchev–Trinajstić information content (AvgIpc) is 3.39. The third kappa shape index (κ3) is 6.62. The van der Waals surface area contributed by atoms with E-state index < -0.39 is 5.97 Å². The normalized spacial score (nSPS) is 11.5. The number of nitrogens with zero attached hydrogens (tertiary/aromatic N) is 3. The van der Waals surface area contributed by atoms with Crippen LogP contribution in [-0.4, -0.2) is 41.2 Å². The van der Waals surface area contributed by atoms with Crippen LogP contribution >= 0.6 is 11.6 Å². The Balaban J connectivity index is 1.60. The zero-order valence-corrected chi connectivity index (χ0v) is 24.8. The first kappa shape index (κ1) is 29.6. The maximum absolute atomic E-state index is 13.7. The number of carbonyl (C=O) groups excluding carboxylic acids is 1. The zero-order valence-electron chi connectivity index (χ0n) is 24.0. The number of aromatic nitrogens is 2. The van der Waals surface area contributed by atoms with Crippen LogP contribution in [0.4, 0.5) is 0 Å². The van der Waals surface area contributed by atoms with Crippen LogP contribution in [0.2, 0.25) is 5.02 Å². The molecule has 43 heavy (non-hydrogen) atoms. The Kier molecular flexibility index (Phi) is 8.92. The van der Waals surface area contributed by atoms with Gasteiger partial charge in [-0.25, -0.2) is 9.78 Å². The van der Waals surface area contributed by atoms with E-state index in [1.807, 2.05) is 19.1 Å². The summed E-state index contributed by atoms with van der Waals surface area (Å²) in [6.07, 6.45) is 3.42. The molecule has 0 aliphatic carbocycles. The number of benzene rings is 3. The topological polar surface area (TPSA) is 105 Å². The summed E-state index contributed by atoms with van der Waals surface area (Å²) < 4.78 is 24.2. The molecule has 3 aromatic carbocycles. The van der Waals surface area contributed by atoms with Crippen molar-refractivity contribution in [1.29, 1.82) is 0 Å². The molecule has 9 nitrogen and oxygen atoms in total. The Bertz CT molecular complexity index is 1910. The second-order valence-corrected chi connectivity index (χ2v) is 10.3. The number of carbonyl (C=O) groups is 1. The van der Waals surface area contributed by atoms with Crippen molar-refractivity contribution in [3.63, 3.8) is 0 Å². The lowest BCUT2D eigenvalue weighted by Crippen LogP contribution is -2.20. The number of para-hydroxylation sites is 1. The highest BCUT2D eigenvalue weighted by Crippen LogP contribution is 2.34. The molecule has 0 aliphatic rings. The molecule has 0 bridgehead atoms. The highest BCUT2D eigenvalue weighted by atomic mass is 35.5. The predicted octanol–water partition coefficient (Wildman–Crippen LogP) is 6.80. The minimum Gasteiger partial charge on any atom is -0.490 e. The number of fused-ring (bicyclic) bond motifs is 2. The molecule has 0 fully saturated rings. The van der Waals surface area contributed by atoms with Gasteiger partial charge < -0.3 is 18.6 Å². The van der Waals surface area contributed by atoms with Crippen molar-refractivity contribution in [2.24, 2.45) is 5.10 Å². The Labute approximate surface area is 253 Å². The van der Waals surface area contributed by atoms with E-state index in [1.165, 1.54) is 10.9 Å². The molecule has 220 valence electrons. The van der Waals surface area contributed by atoms with Crippen LogP contribution in [0.25, 0.3) is 33.5 Å². The molecule has 0 saturated heterocycles. The third-order valence-electron chi connectivity index (χ3n) is 6.29. The SMILES string of the molecule is C=CCc1cc(C=Nn2c(-c3cc4cc(Cl)ccc4o3)nc3ccccc3c2=O)cc(OCC)c1OCC(=O)OC(C)C. The van der Waals surface area contributed by atoms with Crippen LogP contribution in [0, 0.1) is 0 Å². The van der Waals surface area contributed by atoms with Crippen LogP contribution in [0.1, 0.15) is 31.9 Å². The van der Waals surface area contributed by atoms with Crippen molar-refractivity contribution in [2.75, 3.05) is 13.2 Å². The maximum atomic E-state index is 13.7. The Morgan fingerprint density at radius 2 is 1.95 bits per heavy atom. The molecule has 0 amide bonds. The van der Waals surface area contributed by atoms with E-state index >= 15 is 0 Å². The van der Waals surface area contributed by atoms with Gasteiger partial charge >= 0.3 is 5.97 Å². The highest BCUT2D eigenvalue weighted by molar-refractivity contribution is 6.31. The molecule has 0 spiro atoms. The fourth-order valence-corrected chi connectivity index (χ4v) is 4.74. The van der Waals surface area contributed by atoms with Crippen molar-refractivity contribution < 1.29 is 23.4 Å². The molecule has 2 aromatic heterocycles. The van der Waals surface area contributed by atoms with E-state index in [9.17, 15) is 9.59 Å². The fourth-order valence-electron chi connectivity index (χ4n) is 4.56. The lowest BCUT2D eigenvalue weighted by Gasteiger charge is -2.17. The van der Waals surface area contributed by atoms with Gasteiger partial charge in [-0.3, -0.25) is 4.79 Å². The minimum absolute atomic E-state index is 0.229. The van der Waals surface area contributed by atoms with E-state index in [1.54, 1.807) is 68.5 Å². The maximum Gasteiger partial charge on any atom is 0.344 e. The summed E-state index contributed by atoms with van der Waals surface area (Å²) >= 11 is 6.18.